The number of benzene rings is 2. The highest BCUT2D eigenvalue weighted by molar-refractivity contribution is 9.10. The molecule has 17 heavy (non-hydrogen) atoms. The highest BCUT2D eigenvalue weighted by Crippen LogP contribution is 2.38. The molecule has 3 rings (SSSR count). The Kier molecular flexibility index (Phi) is 2.64. The Morgan fingerprint density at radius 2 is 1.82 bits per heavy atom. The molecule has 0 nitrogen and oxygen atoms in total. The Balaban J connectivity index is 2.27. The first-order valence-corrected chi connectivity index (χ1v) is 6.60. The summed E-state index contributed by atoms with van der Waals surface area (Å²) in [7, 11) is 0. The molecular formula is C16H13Br. The van der Waals surface area contributed by atoms with Gasteiger partial charge in [-0.25, -0.2) is 0 Å². The molecule has 1 aliphatic carbocycles. The van der Waals surface area contributed by atoms with Crippen LogP contribution in [0.25, 0.3) is 16.7 Å². The van der Waals surface area contributed by atoms with Crippen LogP contribution in [0, 0.1) is 0 Å². The van der Waals surface area contributed by atoms with E-state index in [2.05, 4.69) is 71.4 Å². The number of allylic oxidation sites excluding steroid dienone is 2. The number of hydrogen-bond acceptors (Lipinski definition) is 0. The van der Waals surface area contributed by atoms with Crippen molar-refractivity contribution in [2.45, 2.75) is 13.3 Å². The average molecular weight is 285 g/mol. The molecule has 0 amide bonds. The monoisotopic (exact) mass is 284 g/mol. The van der Waals surface area contributed by atoms with Gasteiger partial charge in [-0.15, -0.1) is 0 Å². The third kappa shape index (κ3) is 1.85. The van der Waals surface area contributed by atoms with E-state index in [0.717, 1.165) is 6.42 Å². The molecule has 0 spiro atoms. The fourth-order valence-electron chi connectivity index (χ4n) is 2.50. The van der Waals surface area contributed by atoms with Crippen molar-refractivity contribution in [2.75, 3.05) is 0 Å². The van der Waals surface area contributed by atoms with Crippen LogP contribution in [0.1, 0.15) is 18.1 Å². The third-order valence-electron chi connectivity index (χ3n) is 3.29. The number of hydrogen-bond donors (Lipinski definition) is 0. The Morgan fingerprint density at radius 3 is 2.59 bits per heavy atom. The SMILES string of the molecule is CC1=CCc2cc(Br)cc(-c3ccccc3)c21. The second-order valence-electron chi connectivity index (χ2n) is 4.44. The van der Waals surface area contributed by atoms with E-state index in [4.69, 9.17) is 0 Å². The predicted octanol–water partition coefficient (Wildman–Crippen LogP) is 5.08. The smallest absolute Gasteiger partial charge is 0.0184 e. The maximum Gasteiger partial charge on any atom is 0.0184 e. The second-order valence-corrected chi connectivity index (χ2v) is 5.36. The van der Waals surface area contributed by atoms with Gasteiger partial charge in [-0.05, 0) is 53.3 Å². The van der Waals surface area contributed by atoms with E-state index in [1.54, 1.807) is 0 Å². The van der Waals surface area contributed by atoms with Crippen molar-refractivity contribution < 1.29 is 0 Å². The van der Waals surface area contributed by atoms with Gasteiger partial charge < -0.3 is 0 Å². The topological polar surface area (TPSA) is 0 Å². The molecule has 0 aromatic heterocycles. The van der Waals surface area contributed by atoms with Crippen molar-refractivity contribution in [3.05, 3.63) is 64.1 Å². The van der Waals surface area contributed by atoms with Gasteiger partial charge in [0, 0.05) is 4.47 Å². The maximum absolute atomic E-state index is 3.61. The molecule has 0 fully saturated rings. The van der Waals surface area contributed by atoms with Gasteiger partial charge in [0.1, 0.15) is 0 Å². The summed E-state index contributed by atoms with van der Waals surface area (Å²) in [6.07, 6.45) is 3.37. The highest BCUT2D eigenvalue weighted by atomic mass is 79.9. The summed E-state index contributed by atoms with van der Waals surface area (Å²) in [5.41, 5.74) is 6.86. The largest absolute Gasteiger partial charge is 0.0765 e. The molecule has 0 aliphatic heterocycles. The fourth-order valence-corrected chi connectivity index (χ4v) is 3.01. The van der Waals surface area contributed by atoms with Gasteiger partial charge in [0.05, 0.1) is 0 Å². The Labute approximate surface area is 110 Å². The zero-order valence-electron chi connectivity index (χ0n) is 9.70. The first-order chi connectivity index (χ1) is 8.25. The molecular weight excluding hydrogens is 272 g/mol. The van der Waals surface area contributed by atoms with Crippen LogP contribution in [0.5, 0.6) is 0 Å². The van der Waals surface area contributed by atoms with Gasteiger partial charge >= 0.3 is 0 Å². The van der Waals surface area contributed by atoms with Crippen molar-refractivity contribution >= 4 is 21.5 Å². The molecule has 2 aromatic carbocycles. The van der Waals surface area contributed by atoms with Crippen LogP contribution in [0.4, 0.5) is 0 Å². The molecule has 0 atom stereocenters. The van der Waals surface area contributed by atoms with Crippen LogP contribution in [0.3, 0.4) is 0 Å². The van der Waals surface area contributed by atoms with Gasteiger partial charge in [0.15, 0.2) is 0 Å². The lowest BCUT2D eigenvalue weighted by Crippen LogP contribution is -1.90. The van der Waals surface area contributed by atoms with Crippen LogP contribution in [0.15, 0.2) is 53.0 Å². The quantitative estimate of drug-likeness (QED) is 0.685. The maximum atomic E-state index is 3.61. The standard InChI is InChI=1S/C16H13Br/c1-11-7-8-13-9-14(17)10-15(16(11)13)12-5-3-2-4-6-12/h2-7,9-10H,8H2,1H3. The van der Waals surface area contributed by atoms with E-state index in [0.29, 0.717) is 0 Å². The van der Waals surface area contributed by atoms with Crippen molar-refractivity contribution in [3.8, 4) is 11.1 Å². The van der Waals surface area contributed by atoms with Crippen LogP contribution in [-0.4, -0.2) is 0 Å². The summed E-state index contributed by atoms with van der Waals surface area (Å²) >= 11 is 3.61. The van der Waals surface area contributed by atoms with Crippen LogP contribution in [0.2, 0.25) is 0 Å². The van der Waals surface area contributed by atoms with Crippen LogP contribution < -0.4 is 0 Å². The Morgan fingerprint density at radius 1 is 1.06 bits per heavy atom. The summed E-state index contributed by atoms with van der Waals surface area (Å²) < 4.78 is 1.17. The third-order valence-corrected chi connectivity index (χ3v) is 3.75. The number of rotatable bonds is 1. The summed E-state index contributed by atoms with van der Waals surface area (Å²) in [5.74, 6) is 0. The summed E-state index contributed by atoms with van der Waals surface area (Å²) in [4.78, 5) is 0. The molecule has 0 saturated carbocycles. The Bertz CT molecular complexity index is 594. The molecule has 0 saturated heterocycles. The van der Waals surface area contributed by atoms with Crippen molar-refractivity contribution in [1.29, 1.82) is 0 Å². The minimum Gasteiger partial charge on any atom is -0.0765 e. The summed E-state index contributed by atoms with van der Waals surface area (Å²) in [6, 6.07) is 15.0. The minimum absolute atomic E-state index is 1.06. The lowest BCUT2D eigenvalue weighted by atomic mass is 9.94. The van der Waals surface area contributed by atoms with Crippen molar-refractivity contribution in [2.24, 2.45) is 0 Å². The molecule has 2 aromatic rings. The van der Waals surface area contributed by atoms with E-state index < -0.39 is 0 Å². The minimum atomic E-state index is 1.06. The van der Waals surface area contributed by atoms with E-state index in [1.165, 1.54) is 32.3 Å². The average Bonchev–Trinajstić information content (AvgIpc) is 2.71. The first-order valence-electron chi connectivity index (χ1n) is 5.80. The molecule has 0 radical (unpaired) electrons. The summed E-state index contributed by atoms with van der Waals surface area (Å²) in [6.45, 7) is 2.20. The lowest BCUT2D eigenvalue weighted by Gasteiger charge is -2.11. The molecule has 84 valence electrons. The summed E-state index contributed by atoms with van der Waals surface area (Å²) in [5, 5.41) is 0. The first kappa shape index (κ1) is 10.8. The zero-order valence-corrected chi connectivity index (χ0v) is 11.3. The molecule has 1 aliphatic rings. The van der Waals surface area contributed by atoms with E-state index >= 15 is 0 Å². The van der Waals surface area contributed by atoms with Gasteiger partial charge in [-0.1, -0.05) is 52.3 Å². The van der Waals surface area contributed by atoms with Gasteiger partial charge in [-0.2, -0.15) is 0 Å². The molecule has 0 unspecified atom stereocenters. The molecule has 0 bridgehead atoms. The highest BCUT2D eigenvalue weighted by Gasteiger charge is 2.16. The van der Waals surface area contributed by atoms with Crippen molar-refractivity contribution in [1.82, 2.24) is 0 Å². The predicted molar refractivity (Wildman–Crippen MR) is 76.9 cm³/mol. The molecule has 0 N–H and O–H groups in total. The van der Waals surface area contributed by atoms with Gasteiger partial charge in [0.2, 0.25) is 0 Å². The number of fused-ring (bicyclic) bond motifs is 1. The van der Waals surface area contributed by atoms with Gasteiger partial charge in [0.25, 0.3) is 0 Å². The molecule has 0 heterocycles. The van der Waals surface area contributed by atoms with Crippen LogP contribution in [-0.2, 0) is 6.42 Å². The van der Waals surface area contributed by atoms with E-state index in [-0.39, 0.29) is 0 Å². The van der Waals surface area contributed by atoms with E-state index in [9.17, 15) is 0 Å². The van der Waals surface area contributed by atoms with Gasteiger partial charge in [-0.3, -0.25) is 0 Å². The van der Waals surface area contributed by atoms with Crippen LogP contribution >= 0.6 is 15.9 Å². The van der Waals surface area contributed by atoms with Crippen molar-refractivity contribution in [3.63, 3.8) is 0 Å². The Hall–Kier alpha value is -1.34. The fraction of sp³-hybridized carbons (Fsp3) is 0.125. The van der Waals surface area contributed by atoms with E-state index in [1.807, 2.05) is 0 Å². The second kappa shape index (κ2) is 4.15. The molecule has 1 heteroatoms. The lowest BCUT2D eigenvalue weighted by molar-refractivity contribution is 1.30. The normalized spacial score (nSPS) is 13.4. The number of halogens is 1. The zero-order chi connectivity index (χ0) is 11.8.